The Labute approximate surface area is 96.0 Å². The molecule has 1 N–H and O–H groups in total. The van der Waals surface area contributed by atoms with Crippen molar-refractivity contribution in [2.45, 2.75) is 71.8 Å². The highest BCUT2D eigenvalue weighted by Crippen LogP contribution is 2.40. The van der Waals surface area contributed by atoms with E-state index in [0.29, 0.717) is 5.41 Å². The highest BCUT2D eigenvalue weighted by molar-refractivity contribution is 4.89. The van der Waals surface area contributed by atoms with Gasteiger partial charge in [-0.3, -0.25) is 0 Å². The van der Waals surface area contributed by atoms with Crippen LogP contribution in [0.2, 0.25) is 0 Å². The molecule has 2 unspecified atom stereocenters. The Balaban J connectivity index is 2.54. The molecule has 1 saturated carbocycles. The first-order valence-electron chi connectivity index (χ1n) is 6.79. The molecular weight excluding hydrogens is 182 g/mol. The van der Waals surface area contributed by atoms with E-state index in [0.717, 1.165) is 12.0 Å². The number of nitrogens with one attached hydrogen (secondary N) is 1. The lowest BCUT2D eigenvalue weighted by atomic mass is 9.68. The van der Waals surface area contributed by atoms with Gasteiger partial charge in [-0.25, -0.2) is 0 Å². The van der Waals surface area contributed by atoms with E-state index in [1.807, 2.05) is 0 Å². The standard InChI is InChI=1S/C14H29N/c1-5-12(2)11-13(15-4)14(3)9-7-6-8-10-14/h12-13,15H,5-11H2,1-4H3. The fourth-order valence-electron chi connectivity index (χ4n) is 3.03. The lowest BCUT2D eigenvalue weighted by Gasteiger charge is -2.41. The van der Waals surface area contributed by atoms with Crippen LogP contribution < -0.4 is 5.32 Å². The summed E-state index contributed by atoms with van der Waals surface area (Å²) in [4.78, 5) is 0. The molecule has 1 aliphatic rings. The molecule has 0 aliphatic heterocycles. The number of hydrogen-bond acceptors (Lipinski definition) is 1. The van der Waals surface area contributed by atoms with Crippen LogP contribution in [0.3, 0.4) is 0 Å². The van der Waals surface area contributed by atoms with Crippen LogP contribution >= 0.6 is 0 Å². The summed E-state index contributed by atoms with van der Waals surface area (Å²) >= 11 is 0. The van der Waals surface area contributed by atoms with E-state index >= 15 is 0 Å². The lowest BCUT2D eigenvalue weighted by Crippen LogP contribution is -2.44. The lowest BCUT2D eigenvalue weighted by molar-refractivity contribution is 0.131. The minimum absolute atomic E-state index is 0.566. The van der Waals surface area contributed by atoms with Crippen molar-refractivity contribution in [2.24, 2.45) is 11.3 Å². The van der Waals surface area contributed by atoms with Crippen LogP contribution in [0.15, 0.2) is 0 Å². The van der Waals surface area contributed by atoms with E-state index in [1.165, 1.54) is 44.9 Å². The molecule has 1 nitrogen and oxygen atoms in total. The molecule has 0 aromatic carbocycles. The summed E-state index contributed by atoms with van der Waals surface area (Å²) in [6.07, 6.45) is 9.85. The minimum atomic E-state index is 0.566. The fraction of sp³-hybridized carbons (Fsp3) is 1.00. The van der Waals surface area contributed by atoms with Gasteiger partial charge in [0.15, 0.2) is 0 Å². The molecule has 0 spiro atoms. The smallest absolute Gasteiger partial charge is 0.0120 e. The first-order chi connectivity index (χ1) is 7.12. The molecule has 0 amide bonds. The third-order valence-corrected chi connectivity index (χ3v) is 4.52. The zero-order valence-corrected chi connectivity index (χ0v) is 11.1. The number of hydrogen-bond donors (Lipinski definition) is 1. The van der Waals surface area contributed by atoms with E-state index in [4.69, 9.17) is 0 Å². The van der Waals surface area contributed by atoms with Crippen LogP contribution in [0.5, 0.6) is 0 Å². The van der Waals surface area contributed by atoms with Crippen molar-refractivity contribution in [3.8, 4) is 0 Å². The Kier molecular flexibility index (Phi) is 5.11. The van der Waals surface area contributed by atoms with Gasteiger partial charge in [0.25, 0.3) is 0 Å². The van der Waals surface area contributed by atoms with Crippen LogP contribution in [0.1, 0.15) is 65.7 Å². The van der Waals surface area contributed by atoms with Gasteiger partial charge < -0.3 is 5.32 Å². The SMILES string of the molecule is CCC(C)CC(NC)C1(C)CCCCC1. The Morgan fingerprint density at radius 2 is 1.80 bits per heavy atom. The summed E-state index contributed by atoms with van der Waals surface area (Å²) in [6, 6.07) is 0.729. The molecule has 0 aromatic rings. The molecule has 0 heterocycles. The Morgan fingerprint density at radius 1 is 1.20 bits per heavy atom. The fourth-order valence-corrected chi connectivity index (χ4v) is 3.03. The van der Waals surface area contributed by atoms with Crippen molar-refractivity contribution >= 4 is 0 Å². The third kappa shape index (κ3) is 3.48. The normalized spacial score (nSPS) is 24.8. The van der Waals surface area contributed by atoms with Gasteiger partial charge in [0.05, 0.1) is 0 Å². The zero-order valence-electron chi connectivity index (χ0n) is 11.1. The van der Waals surface area contributed by atoms with Gasteiger partial charge >= 0.3 is 0 Å². The molecule has 2 atom stereocenters. The second-order valence-corrected chi connectivity index (χ2v) is 5.81. The molecule has 90 valence electrons. The van der Waals surface area contributed by atoms with Gasteiger partial charge in [0.1, 0.15) is 0 Å². The zero-order chi connectivity index (χ0) is 11.3. The first-order valence-corrected chi connectivity index (χ1v) is 6.79. The van der Waals surface area contributed by atoms with Gasteiger partial charge in [-0.05, 0) is 37.6 Å². The van der Waals surface area contributed by atoms with Crippen molar-refractivity contribution in [1.82, 2.24) is 5.32 Å². The maximum absolute atomic E-state index is 3.58. The van der Waals surface area contributed by atoms with Gasteiger partial charge in [-0.2, -0.15) is 0 Å². The van der Waals surface area contributed by atoms with E-state index in [1.54, 1.807) is 0 Å². The molecule has 0 radical (unpaired) electrons. The van der Waals surface area contributed by atoms with Crippen molar-refractivity contribution in [1.29, 1.82) is 0 Å². The van der Waals surface area contributed by atoms with Gasteiger partial charge in [-0.15, -0.1) is 0 Å². The van der Waals surface area contributed by atoms with E-state index in [-0.39, 0.29) is 0 Å². The molecule has 15 heavy (non-hydrogen) atoms. The van der Waals surface area contributed by atoms with Gasteiger partial charge in [0, 0.05) is 6.04 Å². The molecule has 0 saturated heterocycles. The molecular formula is C14H29N. The Bertz CT molecular complexity index is 170. The highest BCUT2D eigenvalue weighted by atomic mass is 14.9. The van der Waals surface area contributed by atoms with Crippen LogP contribution in [-0.4, -0.2) is 13.1 Å². The highest BCUT2D eigenvalue weighted by Gasteiger charge is 2.34. The summed E-state index contributed by atoms with van der Waals surface area (Å²) < 4.78 is 0. The first kappa shape index (κ1) is 13.0. The second kappa shape index (κ2) is 5.89. The minimum Gasteiger partial charge on any atom is -0.316 e. The van der Waals surface area contributed by atoms with Crippen molar-refractivity contribution in [2.75, 3.05) is 7.05 Å². The van der Waals surface area contributed by atoms with E-state index in [9.17, 15) is 0 Å². The van der Waals surface area contributed by atoms with Crippen LogP contribution in [0.25, 0.3) is 0 Å². The Hall–Kier alpha value is -0.0400. The monoisotopic (exact) mass is 211 g/mol. The third-order valence-electron chi connectivity index (χ3n) is 4.52. The largest absolute Gasteiger partial charge is 0.316 e. The predicted molar refractivity (Wildman–Crippen MR) is 68.1 cm³/mol. The average molecular weight is 211 g/mol. The molecule has 1 heteroatoms. The Morgan fingerprint density at radius 3 is 2.27 bits per heavy atom. The predicted octanol–water partition coefficient (Wildman–Crippen LogP) is 3.98. The maximum atomic E-state index is 3.58. The van der Waals surface area contributed by atoms with Crippen LogP contribution in [-0.2, 0) is 0 Å². The van der Waals surface area contributed by atoms with E-state index < -0.39 is 0 Å². The average Bonchev–Trinajstić information content (AvgIpc) is 2.26. The molecule has 0 bridgehead atoms. The summed E-state index contributed by atoms with van der Waals surface area (Å²) in [5, 5.41) is 3.58. The van der Waals surface area contributed by atoms with Crippen molar-refractivity contribution < 1.29 is 0 Å². The molecule has 1 rings (SSSR count). The van der Waals surface area contributed by atoms with Gasteiger partial charge in [-0.1, -0.05) is 46.5 Å². The van der Waals surface area contributed by atoms with Gasteiger partial charge in [0.2, 0.25) is 0 Å². The van der Waals surface area contributed by atoms with Crippen molar-refractivity contribution in [3.05, 3.63) is 0 Å². The molecule has 1 fully saturated rings. The summed E-state index contributed by atoms with van der Waals surface area (Å²) in [7, 11) is 2.15. The second-order valence-electron chi connectivity index (χ2n) is 5.81. The summed E-state index contributed by atoms with van der Waals surface area (Å²) in [6.45, 7) is 7.19. The van der Waals surface area contributed by atoms with Crippen molar-refractivity contribution in [3.63, 3.8) is 0 Å². The summed E-state index contributed by atoms with van der Waals surface area (Å²) in [5.74, 6) is 0.862. The maximum Gasteiger partial charge on any atom is 0.0120 e. The van der Waals surface area contributed by atoms with Crippen LogP contribution in [0, 0.1) is 11.3 Å². The van der Waals surface area contributed by atoms with Crippen LogP contribution in [0.4, 0.5) is 0 Å². The molecule has 0 aromatic heterocycles. The summed E-state index contributed by atoms with van der Waals surface area (Å²) in [5.41, 5.74) is 0.566. The quantitative estimate of drug-likeness (QED) is 0.725. The molecule has 1 aliphatic carbocycles. The van der Waals surface area contributed by atoms with E-state index in [2.05, 4.69) is 33.1 Å². The topological polar surface area (TPSA) is 12.0 Å². The number of rotatable bonds is 5.